The van der Waals surface area contributed by atoms with E-state index in [0.717, 1.165) is 23.1 Å². The standard InChI is InChI=1S/C18H28O3/c1-6-15(4)18(21)16(5)12-14(3)9-7-8-13(2)10-11-17(19)20/h6-7,9-10,12,16,18,21H,8,11H2,1-5H3,(H,19,20)/b9-7+,13-10+,14-12+,15-6+/t16-,18-/m0/s1. The van der Waals surface area contributed by atoms with E-state index in [1.807, 2.05) is 58.9 Å². The Hall–Kier alpha value is -1.61. The summed E-state index contributed by atoms with van der Waals surface area (Å²) in [6, 6.07) is 0. The first-order chi connectivity index (χ1) is 9.77. The van der Waals surface area contributed by atoms with E-state index in [1.54, 1.807) is 6.08 Å². The minimum absolute atomic E-state index is 0.0644. The van der Waals surface area contributed by atoms with Crippen LogP contribution in [-0.4, -0.2) is 22.3 Å². The van der Waals surface area contributed by atoms with Crippen molar-refractivity contribution in [3.8, 4) is 0 Å². The van der Waals surface area contributed by atoms with Gasteiger partial charge in [0, 0.05) is 5.92 Å². The zero-order valence-electron chi connectivity index (χ0n) is 13.8. The van der Waals surface area contributed by atoms with E-state index in [1.165, 1.54) is 0 Å². The van der Waals surface area contributed by atoms with Crippen molar-refractivity contribution in [3.63, 3.8) is 0 Å². The molecule has 0 aliphatic rings. The lowest BCUT2D eigenvalue weighted by atomic mass is 9.96. The smallest absolute Gasteiger partial charge is 0.307 e. The van der Waals surface area contributed by atoms with Gasteiger partial charge >= 0.3 is 5.97 Å². The molecule has 2 N–H and O–H groups in total. The average Bonchev–Trinajstić information content (AvgIpc) is 2.43. The van der Waals surface area contributed by atoms with E-state index >= 15 is 0 Å². The second kappa shape index (κ2) is 10.2. The lowest BCUT2D eigenvalue weighted by Crippen LogP contribution is -2.17. The molecule has 0 rings (SSSR count). The predicted molar refractivity (Wildman–Crippen MR) is 88.1 cm³/mol. The number of hydrogen-bond donors (Lipinski definition) is 2. The molecule has 0 unspecified atom stereocenters. The van der Waals surface area contributed by atoms with Crippen LogP contribution in [0.15, 0.2) is 47.1 Å². The van der Waals surface area contributed by atoms with E-state index in [2.05, 4.69) is 0 Å². The molecule has 0 heterocycles. The number of rotatable bonds is 8. The van der Waals surface area contributed by atoms with Crippen LogP contribution in [0.25, 0.3) is 0 Å². The van der Waals surface area contributed by atoms with E-state index in [0.29, 0.717) is 0 Å². The summed E-state index contributed by atoms with van der Waals surface area (Å²) in [5.74, 6) is -0.744. The molecule has 21 heavy (non-hydrogen) atoms. The summed E-state index contributed by atoms with van der Waals surface area (Å²) in [6.07, 6.45) is 10.1. The van der Waals surface area contributed by atoms with E-state index < -0.39 is 12.1 Å². The van der Waals surface area contributed by atoms with Crippen LogP contribution < -0.4 is 0 Å². The third-order valence-corrected chi connectivity index (χ3v) is 3.39. The molecule has 0 bridgehead atoms. The number of aliphatic hydroxyl groups excluding tert-OH is 1. The Morgan fingerprint density at radius 2 is 1.81 bits per heavy atom. The molecule has 3 heteroatoms. The molecular weight excluding hydrogens is 264 g/mol. The van der Waals surface area contributed by atoms with Crippen LogP contribution in [-0.2, 0) is 4.79 Å². The molecule has 0 radical (unpaired) electrons. The van der Waals surface area contributed by atoms with Gasteiger partial charge in [-0.25, -0.2) is 0 Å². The Labute approximate surface area is 128 Å². The molecule has 0 fully saturated rings. The summed E-state index contributed by atoms with van der Waals surface area (Å²) in [5, 5.41) is 18.7. The highest BCUT2D eigenvalue weighted by Gasteiger charge is 2.12. The number of allylic oxidation sites excluding steroid dienone is 5. The number of aliphatic hydroxyl groups is 1. The van der Waals surface area contributed by atoms with Crippen molar-refractivity contribution in [3.05, 3.63) is 47.1 Å². The lowest BCUT2D eigenvalue weighted by molar-refractivity contribution is -0.136. The van der Waals surface area contributed by atoms with Crippen LogP contribution in [0.5, 0.6) is 0 Å². The third kappa shape index (κ3) is 9.03. The lowest BCUT2D eigenvalue weighted by Gasteiger charge is -2.16. The fraction of sp³-hybridized carbons (Fsp3) is 0.500. The zero-order chi connectivity index (χ0) is 16.4. The summed E-state index contributed by atoms with van der Waals surface area (Å²) in [6.45, 7) is 9.77. The van der Waals surface area contributed by atoms with Crippen LogP contribution >= 0.6 is 0 Å². The Kier molecular flexibility index (Phi) is 9.39. The molecule has 0 saturated carbocycles. The van der Waals surface area contributed by atoms with Crippen LogP contribution in [0.1, 0.15) is 47.5 Å². The first-order valence-corrected chi connectivity index (χ1v) is 7.31. The number of carbonyl (C=O) groups is 1. The molecule has 0 saturated heterocycles. The molecule has 0 aromatic carbocycles. The highest BCUT2D eigenvalue weighted by Crippen LogP contribution is 2.16. The van der Waals surface area contributed by atoms with E-state index in [4.69, 9.17) is 5.11 Å². The van der Waals surface area contributed by atoms with Gasteiger partial charge in [-0.15, -0.1) is 0 Å². The molecule has 0 amide bonds. The van der Waals surface area contributed by atoms with Gasteiger partial charge in [0.15, 0.2) is 0 Å². The highest BCUT2D eigenvalue weighted by molar-refractivity contribution is 5.68. The second-order valence-corrected chi connectivity index (χ2v) is 5.50. The first-order valence-electron chi connectivity index (χ1n) is 7.31. The minimum atomic E-state index is -0.809. The largest absolute Gasteiger partial charge is 0.481 e. The maximum atomic E-state index is 10.5. The van der Waals surface area contributed by atoms with Gasteiger partial charge in [-0.3, -0.25) is 4.79 Å². The van der Waals surface area contributed by atoms with Gasteiger partial charge in [0.2, 0.25) is 0 Å². The summed E-state index contributed by atoms with van der Waals surface area (Å²) in [5.41, 5.74) is 3.11. The van der Waals surface area contributed by atoms with Crippen molar-refractivity contribution in [2.45, 2.75) is 53.6 Å². The van der Waals surface area contributed by atoms with Crippen molar-refractivity contribution >= 4 is 5.97 Å². The van der Waals surface area contributed by atoms with Gasteiger partial charge in [-0.05, 0) is 39.7 Å². The Morgan fingerprint density at radius 3 is 2.33 bits per heavy atom. The van der Waals surface area contributed by atoms with Crippen molar-refractivity contribution in [2.24, 2.45) is 5.92 Å². The van der Waals surface area contributed by atoms with Gasteiger partial charge < -0.3 is 10.2 Å². The van der Waals surface area contributed by atoms with Crippen molar-refractivity contribution in [1.82, 2.24) is 0 Å². The molecule has 2 atom stereocenters. The second-order valence-electron chi connectivity index (χ2n) is 5.50. The molecule has 0 aromatic rings. The molecule has 118 valence electrons. The molecular formula is C18H28O3. The monoisotopic (exact) mass is 292 g/mol. The molecule has 0 spiro atoms. The van der Waals surface area contributed by atoms with Gasteiger partial charge in [0.1, 0.15) is 0 Å². The van der Waals surface area contributed by atoms with Gasteiger partial charge in [0.25, 0.3) is 0 Å². The number of hydrogen-bond acceptors (Lipinski definition) is 2. The van der Waals surface area contributed by atoms with Crippen LogP contribution in [0.2, 0.25) is 0 Å². The topological polar surface area (TPSA) is 57.5 Å². The quantitative estimate of drug-likeness (QED) is 0.519. The third-order valence-electron chi connectivity index (χ3n) is 3.39. The Morgan fingerprint density at radius 1 is 1.19 bits per heavy atom. The summed E-state index contributed by atoms with van der Waals surface area (Å²) in [4.78, 5) is 10.5. The number of carboxylic acid groups (broad SMARTS) is 1. The van der Waals surface area contributed by atoms with E-state index in [-0.39, 0.29) is 12.3 Å². The fourth-order valence-electron chi connectivity index (χ4n) is 1.92. The van der Waals surface area contributed by atoms with Gasteiger partial charge in [-0.1, -0.05) is 48.5 Å². The van der Waals surface area contributed by atoms with Crippen molar-refractivity contribution < 1.29 is 15.0 Å². The van der Waals surface area contributed by atoms with Crippen LogP contribution in [0.3, 0.4) is 0 Å². The van der Waals surface area contributed by atoms with Crippen molar-refractivity contribution in [1.29, 1.82) is 0 Å². The summed E-state index contributed by atoms with van der Waals surface area (Å²) >= 11 is 0. The summed E-state index contributed by atoms with van der Waals surface area (Å²) < 4.78 is 0. The maximum absolute atomic E-state index is 10.5. The number of carboxylic acids is 1. The highest BCUT2D eigenvalue weighted by atomic mass is 16.4. The summed E-state index contributed by atoms with van der Waals surface area (Å²) in [7, 11) is 0. The molecule has 0 aliphatic carbocycles. The molecule has 0 aromatic heterocycles. The Bertz CT molecular complexity index is 453. The minimum Gasteiger partial charge on any atom is -0.481 e. The number of aliphatic carboxylic acids is 1. The molecule has 0 aliphatic heterocycles. The molecule has 3 nitrogen and oxygen atoms in total. The van der Waals surface area contributed by atoms with Gasteiger partial charge in [-0.2, -0.15) is 0 Å². The van der Waals surface area contributed by atoms with Crippen LogP contribution in [0.4, 0.5) is 0 Å². The van der Waals surface area contributed by atoms with E-state index in [9.17, 15) is 9.90 Å². The Balaban J connectivity index is 4.50. The van der Waals surface area contributed by atoms with Gasteiger partial charge in [0.05, 0.1) is 12.5 Å². The zero-order valence-corrected chi connectivity index (χ0v) is 13.8. The van der Waals surface area contributed by atoms with Crippen molar-refractivity contribution in [2.75, 3.05) is 0 Å². The SMILES string of the molecule is C/C=C(\C)[C@H](O)[C@@H](C)/C=C(C)/C=C/C/C(C)=C/CC(=O)O. The first kappa shape index (κ1) is 19.4. The fourth-order valence-corrected chi connectivity index (χ4v) is 1.92. The predicted octanol–water partition coefficient (Wildman–Crippen LogP) is 4.26. The average molecular weight is 292 g/mol. The van der Waals surface area contributed by atoms with Crippen LogP contribution in [0, 0.1) is 5.92 Å². The normalized spacial score (nSPS) is 17.1. The maximum Gasteiger partial charge on any atom is 0.307 e.